The highest BCUT2D eigenvalue weighted by Crippen LogP contribution is 2.11. The van der Waals surface area contributed by atoms with Gasteiger partial charge in [-0.15, -0.1) is 0 Å². The molecule has 0 spiro atoms. The minimum atomic E-state index is -0.339. The van der Waals surface area contributed by atoms with Gasteiger partial charge in [0.25, 0.3) is 0 Å². The lowest BCUT2D eigenvalue weighted by atomic mass is 10.2. The van der Waals surface area contributed by atoms with E-state index < -0.39 is 0 Å². The summed E-state index contributed by atoms with van der Waals surface area (Å²) in [4.78, 5) is 15.6. The zero-order valence-corrected chi connectivity index (χ0v) is 11.0. The van der Waals surface area contributed by atoms with Crippen LogP contribution in [-0.2, 0) is 0 Å². The molecule has 0 aliphatic rings. The first-order chi connectivity index (χ1) is 9.78. The van der Waals surface area contributed by atoms with Gasteiger partial charge in [0.05, 0.1) is 7.11 Å². The second kappa shape index (κ2) is 6.94. The van der Waals surface area contributed by atoms with Crippen LogP contribution in [0.25, 0.3) is 6.08 Å². The number of anilines is 1. The fourth-order valence-corrected chi connectivity index (χ4v) is 1.52. The minimum Gasteiger partial charge on any atom is -0.497 e. The van der Waals surface area contributed by atoms with Gasteiger partial charge in [-0.3, -0.25) is 5.32 Å². The second-order valence-corrected chi connectivity index (χ2v) is 3.92. The quantitative estimate of drug-likeness (QED) is 0.897. The zero-order valence-electron chi connectivity index (χ0n) is 11.0. The number of carbonyl (C=O) groups is 1. The topological polar surface area (TPSA) is 63.2 Å². The molecule has 0 radical (unpaired) electrons. The normalized spacial score (nSPS) is 10.2. The molecule has 102 valence electrons. The van der Waals surface area contributed by atoms with Gasteiger partial charge < -0.3 is 10.1 Å². The Morgan fingerprint density at radius 3 is 2.65 bits per heavy atom. The van der Waals surface area contributed by atoms with Crippen molar-refractivity contribution in [3.05, 3.63) is 60.4 Å². The number of amides is 2. The summed E-state index contributed by atoms with van der Waals surface area (Å²) in [5.74, 6) is 1.30. The van der Waals surface area contributed by atoms with E-state index in [0.29, 0.717) is 5.82 Å². The summed E-state index contributed by atoms with van der Waals surface area (Å²) in [5.41, 5.74) is 0.962. The van der Waals surface area contributed by atoms with Crippen molar-refractivity contribution in [1.29, 1.82) is 0 Å². The Bertz CT molecular complexity index is 580. The third kappa shape index (κ3) is 4.13. The van der Waals surface area contributed by atoms with Gasteiger partial charge in [-0.2, -0.15) is 0 Å². The van der Waals surface area contributed by atoms with Gasteiger partial charge in [-0.1, -0.05) is 18.2 Å². The van der Waals surface area contributed by atoms with E-state index in [0.717, 1.165) is 11.3 Å². The van der Waals surface area contributed by atoms with Crippen molar-refractivity contribution in [1.82, 2.24) is 10.3 Å². The first-order valence-corrected chi connectivity index (χ1v) is 6.07. The number of carbonyl (C=O) groups excluding carboxylic acids is 1. The van der Waals surface area contributed by atoms with E-state index in [2.05, 4.69) is 15.6 Å². The van der Waals surface area contributed by atoms with Crippen LogP contribution >= 0.6 is 0 Å². The van der Waals surface area contributed by atoms with Gasteiger partial charge >= 0.3 is 6.03 Å². The van der Waals surface area contributed by atoms with Crippen molar-refractivity contribution in [3.63, 3.8) is 0 Å². The molecule has 0 fully saturated rings. The molecule has 0 saturated carbocycles. The number of methoxy groups -OCH3 is 1. The molecule has 0 aliphatic carbocycles. The van der Waals surface area contributed by atoms with Gasteiger partial charge in [-0.25, -0.2) is 9.78 Å². The molecule has 2 rings (SSSR count). The maximum Gasteiger partial charge on any atom is 0.324 e. The van der Waals surface area contributed by atoms with Crippen LogP contribution in [0.5, 0.6) is 5.75 Å². The molecule has 0 atom stereocenters. The van der Waals surface area contributed by atoms with E-state index in [-0.39, 0.29) is 6.03 Å². The third-order valence-corrected chi connectivity index (χ3v) is 2.51. The number of aromatic nitrogens is 1. The highest BCUT2D eigenvalue weighted by atomic mass is 16.5. The largest absolute Gasteiger partial charge is 0.497 e. The summed E-state index contributed by atoms with van der Waals surface area (Å²) in [7, 11) is 1.62. The molecule has 2 N–H and O–H groups in total. The molecule has 2 amide bonds. The average molecular weight is 269 g/mol. The predicted octanol–water partition coefficient (Wildman–Crippen LogP) is 2.88. The SMILES string of the molecule is COc1ccc(/C=C/NC(=O)Nc2ccccn2)cc1. The van der Waals surface area contributed by atoms with Crippen LogP contribution in [0.2, 0.25) is 0 Å². The summed E-state index contributed by atoms with van der Waals surface area (Å²) < 4.78 is 5.07. The molecular weight excluding hydrogens is 254 g/mol. The number of hydrogen-bond donors (Lipinski definition) is 2. The monoisotopic (exact) mass is 269 g/mol. The first-order valence-electron chi connectivity index (χ1n) is 6.07. The average Bonchev–Trinajstić information content (AvgIpc) is 2.49. The van der Waals surface area contributed by atoms with E-state index in [4.69, 9.17) is 4.74 Å². The molecule has 0 bridgehead atoms. The van der Waals surface area contributed by atoms with Crippen LogP contribution in [0.1, 0.15) is 5.56 Å². The molecule has 20 heavy (non-hydrogen) atoms. The lowest BCUT2D eigenvalue weighted by Gasteiger charge is -2.03. The molecule has 0 aliphatic heterocycles. The van der Waals surface area contributed by atoms with Crippen LogP contribution < -0.4 is 15.4 Å². The fourth-order valence-electron chi connectivity index (χ4n) is 1.52. The predicted molar refractivity (Wildman–Crippen MR) is 78.4 cm³/mol. The molecule has 5 heteroatoms. The second-order valence-electron chi connectivity index (χ2n) is 3.92. The molecule has 1 aromatic carbocycles. The number of rotatable bonds is 4. The van der Waals surface area contributed by atoms with Gasteiger partial charge in [-0.05, 0) is 35.9 Å². The van der Waals surface area contributed by atoms with E-state index in [1.54, 1.807) is 43.8 Å². The smallest absolute Gasteiger partial charge is 0.324 e. The molecule has 0 saturated heterocycles. The van der Waals surface area contributed by atoms with Crippen molar-refractivity contribution in [2.24, 2.45) is 0 Å². The lowest BCUT2D eigenvalue weighted by molar-refractivity contribution is 0.255. The van der Waals surface area contributed by atoms with Crippen molar-refractivity contribution >= 4 is 17.9 Å². The van der Waals surface area contributed by atoms with Gasteiger partial charge in [0.2, 0.25) is 0 Å². The highest BCUT2D eigenvalue weighted by molar-refractivity contribution is 5.89. The van der Waals surface area contributed by atoms with Crippen LogP contribution in [-0.4, -0.2) is 18.1 Å². The Labute approximate surface area is 117 Å². The van der Waals surface area contributed by atoms with Crippen molar-refractivity contribution in [2.75, 3.05) is 12.4 Å². The molecule has 0 unspecified atom stereocenters. The maximum atomic E-state index is 11.6. The number of benzene rings is 1. The van der Waals surface area contributed by atoms with E-state index in [9.17, 15) is 4.79 Å². The van der Waals surface area contributed by atoms with Crippen LogP contribution in [0.3, 0.4) is 0 Å². The number of urea groups is 1. The van der Waals surface area contributed by atoms with Crippen molar-refractivity contribution in [3.8, 4) is 5.75 Å². The van der Waals surface area contributed by atoms with Crippen molar-refractivity contribution in [2.45, 2.75) is 0 Å². The van der Waals surface area contributed by atoms with E-state index >= 15 is 0 Å². The van der Waals surface area contributed by atoms with Gasteiger partial charge in [0.1, 0.15) is 11.6 Å². The number of nitrogens with zero attached hydrogens (tertiary/aromatic N) is 1. The summed E-state index contributed by atoms with van der Waals surface area (Å²) in [6, 6.07) is 12.5. The Kier molecular flexibility index (Phi) is 4.72. The molecule has 1 aromatic heterocycles. The minimum absolute atomic E-state index is 0.339. The highest BCUT2D eigenvalue weighted by Gasteiger charge is 1.98. The number of ether oxygens (including phenoxy) is 1. The Balaban J connectivity index is 1.84. The molecular formula is C15H15N3O2. The zero-order chi connectivity index (χ0) is 14.2. The fraction of sp³-hybridized carbons (Fsp3) is 0.0667. The first kappa shape index (κ1) is 13.6. The summed E-state index contributed by atoms with van der Waals surface area (Å²) in [6.45, 7) is 0. The molecule has 2 aromatic rings. The van der Waals surface area contributed by atoms with Crippen LogP contribution in [0.4, 0.5) is 10.6 Å². The number of nitrogens with one attached hydrogen (secondary N) is 2. The van der Waals surface area contributed by atoms with Gasteiger partial charge in [0, 0.05) is 12.4 Å². The van der Waals surface area contributed by atoms with Crippen LogP contribution in [0.15, 0.2) is 54.9 Å². The summed E-state index contributed by atoms with van der Waals surface area (Å²) in [6.07, 6.45) is 4.97. The molecule has 1 heterocycles. The maximum absolute atomic E-state index is 11.6. The van der Waals surface area contributed by atoms with Crippen LogP contribution in [0, 0.1) is 0 Å². The van der Waals surface area contributed by atoms with E-state index in [1.165, 1.54) is 0 Å². The van der Waals surface area contributed by atoms with Gasteiger partial charge in [0.15, 0.2) is 0 Å². The Morgan fingerprint density at radius 1 is 1.20 bits per heavy atom. The van der Waals surface area contributed by atoms with E-state index in [1.807, 2.05) is 24.3 Å². The Morgan fingerprint density at radius 2 is 2.00 bits per heavy atom. The standard InChI is InChI=1S/C15H15N3O2/c1-20-13-7-5-12(6-8-13)9-11-17-15(19)18-14-4-2-3-10-16-14/h2-11H,1H3,(H2,16,17,18,19)/b11-9+. The number of hydrogen-bond acceptors (Lipinski definition) is 3. The number of pyridine rings is 1. The Hall–Kier alpha value is -2.82. The van der Waals surface area contributed by atoms with Crippen molar-refractivity contribution < 1.29 is 9.53 Å². The lowest BCUT2D eigenvalue weighted by Crippen LogP contribution is -2.24. The summed E-state index contributed by atoms with van der Waals surface area (Å²) in [5, 5.41) is 5.22. The molecule has 5 nitrogen and oxygen atoms in total. The third-order valence-electron chi connectivity index (χ3n) is 2.51. The summed E-state index contributed by atoms with van der Waals surface area (Å²) >= 11 is 0.